The maximum atomic E-state index is 5.53. The van der Waals surface area contributed by atoms with E-state index in [-0.39, 0.29) is 0 Å². The molecule has 0 fully saturated rings. The number of hydrogen-bond acceptors (Lipinski definition) is 2. The summed E-state index contributed by atoms with van der Waals surface area (Å²) in [6, 6.07) is 83.5. The summed E-state index contributed by atoms with van der Waals surface area (Å²) in [5, 5.41) is 0. The van der Waals surface area contributed by atoms with Gasteiger partial charge in [0.25, 0.3) is 0 Å². The first-order valence-corrected chi connectivity index (χ1v) is 21.0. The van der Waals surface area contributed by atoms with Crippen LogP contribution in [0.5, 0.6) is 0 Å². The van der Waals surface area contributed by atoms with E-state index in [9.17, 15) is 0 Å². The number of fused-ring (bicyclic) bond motifs is 12. The fourth-order valence-electron chi connectivity index (χ4n) is 10.1. The quantitative estimate of drug-likeness (QED) is 0.174. The Morgan fingerprint density at radius 1 is 0.246 bits per heavy atom. The average molecular weight is 775 g/mol. The topological polar surface area (TPSA) is 25.8 Å². The first-order valence-electron chi connectivity index (χ1n) is 21.0. The number of hydrogen-bond donors (Lipinski definition) is 0. The molecule has 0 radical (unpaired) electrons. The third-order valence-electron chi connectivity index (χ3n) is 12.7. The highest BCUT2D eigenvalue weighted by Crippen LogP contribution is 2.62. The van der Waals surface area contributed by atoms with E-state index < -0.39 is 5.41 Å². The van der Waals surface area contributed by atoms with E-state index in [2.05, 4.69) is 231 Å². The standard InChI is InChI=1S/C59H38N2/c1-3-18-39(19-4-1)41-22-15-24-43(36-41)55-38-56(61-58(60-55)44-25-16-23-42(37-44)40-20-5-2-6-21-40)50-31-17-35-54-57(50)49-30-11-14-34-53(49)59(54)51-32-12-9-28-47(51)45-26-7-8-27-46(45)48-29-10-13-33-52(48)59/h1-38H. The third kappa shape index (κ3) is 5.50. The summed E-state index contributed by atoms with van der Waals surface area (Å²) in [6.45, 7) is 0. The van der Waals surface area contributed by atoms with Crippen molar-refractivity contribution in [2.24, 2.45) is 0 Å². The Hall–Kier alpha value is -7.94. The highest BCUT2D eigenvalue weighted by molar-refractivity contribution is 6.00. The van der Waals surface area contributed by atoms with Gasteiger partial charge in [0.15, 0.2) is 5.82 Å². The smallest absolute Gasteiger partial charge is 0.160 e. The van der Waals surface area contributed by atoms with Crippen LogP contribution in [0.15, 0.2) is 231 Å². The lowest BCUT2D eigenvalue weighted by Crippen LogP contribution is -2.29. The Bertz CT molecular complexity index is 3140. The number of benzene rings is 9. The van der Waals surface area contributed by atoms with Gasteiger partial charge in [0.2, 0.25) is 0 Å². The summed E-state index contributed by atoms with van der Waals surface area (Å²) in [4.78, 5) is 10.9. The van der Waals surface area contributed by atoms with Gasteiger partial charge < -0.3 is 0 Å². The van der Waals surface area contributed by atoms with Crippen LogP contribution >= 0.6 is 0 Å². The lowest BCUT2D eigenvalue weighted by atomic mass is 9.66. The van der Waals surface area contributed by atoms with E-state index in [1.165, 1.54) is 61.2 Å². The number of nitrogens with zero attached hydrogens (tertiary/aromatic N) is 2. The van der Waals surface area contributed by atoms with Gasteiger partial charge in [0, 0.05) is 16.7 Å². The van der Waals surface area contributed by atoms with Crippen molar-refractivity contribution in [3.05, 3.63) is 253 Å². The number of aromatic nitrogens is 2. The average Bonchev–Trinajstić information content (AvgIpc) is 3.59. The van der Waals surface area contributed by atoms with Crippen LogP contribution in [0.4, 0.5) is 0 Å². The predicted octanol–water partition coefficient (Wildman–Crippen LogP) is 14.8. The van der Waals surface area contributed by atoms with Crippen LogP contribution in [-0.2, 0) is 5.41 Å². The maximum Gasteiger partial charge on any atom is 0.160 e. The molecule has 2 heteroatoms. The minimum atomic E-state index is -0.582. The molecular formula is C59H38N2. The predicted molar refractivity (Wildman–Crippen MR) is 251 cm³/mol. The zero-order valence-electron chi connectivity index (χ0n) is 33.3. The molecule has 0 aliphatic heterocycles. The zero-order valence-corrected chi connectivity index (χ0v) is 33.3. The molecule has 0 atom stereocenters. The summed E-state index contributed by atoms with van der Waals surface area (Å²) in [6.07, 6.45) is 0. The van der Waals surface area contributed by atoms with Gasteiger partial charge in [-0.05, 0) is 96.1 Å². The van der Waals surface area contributed by atoms with Gasteiger partial charge in [-0.1, -0.05) is 212 Å². The molecule has 12 rings (SSSR count). The summed E-state index contributed by atoms with van der Waals surface area (Å²) < 4.78 is 0. The molecule has 0 N–H and O–H groups in total. The highest BCUT2D eigenvalue weighted by atomic mass is 14.9. The van der Waals surface area contributed by atoms with E-state index in [1.54, 1.807) is 0 Å². The second-order valence-electron chi connectivity index (χ2n) is 16.0. The summed E-state index contributed by atoms with van der Waals surface area (Å²) in [5.41, 5.74) is 21.5. The van der Waals surface area contributed by atoms with E-state index in [1.807, 2.05) is 0 Å². The van der Waals surface area contributed by atoms with Crippen molar-refractivity contribution < 1.29 is 0 Å². The molecule has 0 bridgehead atoms. The van der Waals surface area contributed by atoms with Crippen molar-refractivity contribution in [2.75, 3.05) is 0 Å². The highest BCUT2D eigenvalue weighted by Gasteiger charge is 2.50. The van der Waals surface area contributed by atoms with Crippen LogP contribution in [0.1, 0.15) is 22.3 Å². The maximum absolute atomic E-state index is 5.53. The van der Waals surface area contributed by atoms with Gasteiger partial charge in [0.1, 0.15) is 0 Å². The SMILES string of the molecule is c1ccc(-c2cccc(-c3cc(-c4cccc5c4-c4ccccc4C54c5ccccc5-c5ccccc5-c5ccccc54)nc(-c4cccc(-c5ccccc5)c4)n3)c2)cc1. The van der Waals surface area contributed by atoms with Crippen LogP contribution in [0, 0.1) is 0 Å². The van der Waals surface area contributed by atoms with Crippen LogP contribution in [-0.4, -0.2) is 9.97 Å². The molecule has 10 aromatic rings. The van der Waals surface area contributed by atoms with Gasteiger partial charge in [-0.25, -0.2) is 9.97 Å². The molecule has 9 aromatic carbocycles. The molecule has 1 aromatic heterocycles. The van der Waals surface area contributed by atoms with E-state index in [4.69, 9.17) is 9.97 Å². The molecule has 61 heavy (non-hydrogen) atoms. The van der Waals surface area contributed by atoms with Crippen molar-refractivity contribution in [1.29, 1.82) is 0 Å². The van der Waals surface area contributed by atoms with E-state index in [0.717, 1.165) is 44.8 Å². The second-order valence-corrected chi connectivity index (χ2v) is 16.0. The lowest BCUT2D eigenvalue weighted by Gasteiger charge is -2.35. The second kappa shape index (κ2) is 14.1. The first kappa shape index (κ1) is 35.0. The Morgan fingerprint density at radius 3 is 1.25 bits per heavy atom. The Morgan fingerprint density at radius 2 is 0.639 bits per heavy atom. The van der Waals surface area contributed by atoms with Gasteiger partial charge in [0.05, 0.1) is 16.8 Å². The molecule has 0 unspecified atom stereocenters. The Balaban J connectivity index is 1.14. The molecular weight excluding hydrogens is 737 g/mol. The molecule has 1 heterocycles. The van der Waals surface area contributed by atoms with Gasteiger partial charge in [-0.15, -0.1) is 0 Å². The van der Waals surface area contributed by atoms with Crippen LogP contribution in [0.3, 0.4) is 0 Å². The molecule has 0 amide bonds. The fraction of sp³-hybridized carbons (Fsp3) is 0.0169. The van der Waals surface area contributed by atoms with Crippen LogP contribution < -0.4 is 0 Å². The van der Waals surface area contributed by atoms with Crippen LogP contribution in [0.25, 0.3) is 89.5 Å². The Labute approximate surface area is 356 Å². The van der Waals surface area contributed by atoms with Gasteiger partial charge in [-0.3, -0.25) is 0 Å². The lowest BCUT2D eigenvalue weighted by molar-refractivity contribution is 0.775. The van der Waals surface area contributed by atoms with E-state index >= 15 is 0 Å². The van der Waals surface area contributed by atoms with Crippen molar-refractivity contribution in [3.8, 4) is 89.5 Å². The van der Waals surface area contributed by atoms with Crippen molar-refractivity contribution in [3.63, 3.8) is 0 Å². The molecule has 0 saturated heterocycles. The largest absolute Gasteiger partial charge is 0.228 e. The van der Waals surface area contributed by atoms with Crippen LogP contribution in [0.2, 0.25) is 0 Å². The summed E-state index contributed by atoms with van der Waals surface area (Å²) >= 11 is 0. The molecule has 2 nitrogen and oxygen atoms in total. The van der Waals surface area contributed by atoms with Crippen molar-refractivity contribution in [1.82, 2.24) is 9.97 Å². The summed E-state index contributed by atoms with van der Waals surface area (Å²) in [5.74, 6) is 0.689. The zero-order chi connectivity index (χ0) is 40.3. The Kier molecular flexibility index (Phi) is 8.11. The van der Waals surface area contributed by atoms with Crippen molar-refractivity contribution >= 4 is 0 Å². The van der Waals surface area contributed by atoms with Gasteiger partial charge >= 0.3 is 0 Å². The normalized spacial score (nSPS) is 12.7. The fourth-order valence-corrected chi connectivity index (χ4v) is 10.1. The van der Waals surface area contributed by atoms with Gasteiger partial charge in [-0.2, -0.15) is 0 Å². The minimum absolute atomic E-state index is 0.582. The minimum Gasteiger partial charge on any atom is -0.228 e. The first-order chi connectivity index (χ1) is 30.3. The number of rotatable bonds is 5. The third-order valence-corrected chi connectivity index (χ3v) is 12.7. The summed E-state index contributed by atoms with van der Waals surface area (Å²) in [7, 11) is 0. The molecule has 2 aliphatic carbocycles. The van der Waals surface area contributed by atoms with Crippen molar-refractivity contribution in [2.45, 2.75) is 5.41 Å². The molecule has 284 valence electrons. The molecule has 1 spiro atoms. The molecule has 0 saturated carbocycles. The molecule has 2 aliphatic rings. The van der Waals surface area contributed by atoms with E-state index in [0.29, 0.717) is 5.82 Å². The monoisotopic (exact) mass is 774 g/mol.